The van der Waals surface area contributed by atoms with Crippen LogP contribution in [-0.2, 0) is 9.53 Å². The van der Waals surface area contributed by atoms with Crippen molar-refractivity contribution in [2.75, 3.05) is 19.0 Å². The predicted molar refractivity (Wildman–Crippen MR) is 106 cm³/mol. The van der Waals surface area contributed by atoms with E-state index < -0.39 is 0 Å². The number of ether oxygens (including phenoxy) is 1. The largest absolute Gasteiger partial charge is 0.393 e. The Morgan fingerprint density at radius 3 is 2.65 bits per heavy atom. The van der Waals surface area contributed by atoms with E-state index in [9.17, 15) is 9.90 Å². The van der Waals surface area contributed by atoms with Crippen LogP contribution >= 0.6 is 15.9 Å². The highest BCUT2D eigenvalue weighted by Gasteiger charge is 2.62. The SMILES string of the molecule is COCC12CCC(O)CC1CCC1C3CCC(C(=O)CBr)C3(C)CCC12. The minimum Gasteiger partial charge on any atom is -0.393 e. The maximum Gasteiger partial charge on any atom is 0.147 e. The first-order valence-electron chi connectivity index (χ1n) is 10.7. The lowest BCUT2D eigenvalue weighted by atomic mass is 9.44. The lowest BCUT2D eigenvalue weighted by Crippen LogP contribution is -2.57. The van der Waals surface area contributed by atoms with E-state index in [1.807, 2.05) is 7.11 Å². The van der Waals surface area contributed by atoms with Crippen molar-refractivity contribution in [1.29, 1.82) is 0 Å². The van der Waals surface area contributed by atoms with Crippen molar-refractivity contribution in [2.24, 2.45) is 40.4 Å². The van der Waals surface area contributed by atoms with Crippen molar-refractivity contribution in [3.05, 3.63) is 0 Å². The smallest absolute Gasteiger partial charge is 0.147 e. The van der Waals surface area contributed by atoms with E-state index >= 15 is 0 Å². The van der Waals surface area contributed by atoms with Gasteiger partial charge in [-0.2, -0.15) is 0 Å². The molecule has 0 aliphatic heterocycles. The van der Waals surface area contributed by atoms with E-state index in [1.54, 1.807) is 0 Å². The van der Waals surface area contributed by atoms with E-state index in [-0.39, 0.29) is 22.9 Å². The number of aliphatic hydroxyl groups excluding tert-OH is 1. The van der Waals surface area contributed by atoms with Gasteiger partial charge in [-0.15, -0.1) is 0 Å². The number of halogens is 1. The summed E-state index contributed by atoms with van der Waals surface area (Å²) in [6.07, 6.45) is 10.2. The Kier molecular flexibility index (Phi) is 5.33. The molecule has 4 aliphatic rings. The number of aliphatic hydroxyl groups is 1. The number of hydrogen-bond acceptors (Lipinski definition) is 3. The summed E-state index contributed by atoms with van der Waals surface area (Å²) in [5, 5.41) is 10.8. The van der Waals surface area contributed by atoms with Crippen LogP contribution < -0.4 is 0 Å². The van der Waals surface area contributed by atoms with Crippen LogP contribution in [0.25, 0.3) is 0 Å². The zero-order valence-corrected chi connectivity index (χ0v) is 18.0. The number of Topliss-reactive ketones (excluding diaryl/α,β-unsaturated/α-hetero) is 1. The van der Waals surface area contributed by atoms with E-state index in [0.29, 0.717) is 22.9 Å². The van der Waals surface area contributed by atoms with Crippen LogP contribution in [0.4, 0.5) is 0 Å². The monoisotopic (exact) mass is 426 g/mol. The molecule has 0 aromatic heterocycles. The van der Waals surface area contributed by atoms with Crippen LogP contribution in [0.15, 0.2) is 0 Å². The Labute approximate surface area is 166 Å². The van der Waals surface area contributed by atoms with Crippen LogP contribution in [0.5, 0.6) is 0 Å². The highest BCUT2D eigenvalue weighted by molar-refractivity contribution is 9.09. The Bertz CT molecular complexity index is 552. The minimum absolute atomic E-state index is 0.109. The van der Waals surface area contributed by atoms with Gasteiger partial charge in [0.15, 0.2) is 0 Å². The Morgan fingerprint density at radius 2 is 1.92 bits per heavy atom. The summed E-state index contributed by atoms with van der Waals surface area (Å²) in [5.41, 5.74) is 0.483. The molecular weight excluding hydrogens is 392 g/mol. The quantitative estimate of drug-likeness (QED) is 0.668. The number of carbonyl (C=O) groups excluding carboxylic acids is 1. The molecule has 0 bridgehead atoms. The number of carbonyl (C=O) groups is 1. The number of ketones is 1. The standard InChI is InChI=1S/C22H35BrO3/c1-21-9-8-18-16(17(21)5-6-19(21)20(25)12-23)4-3-14-11-15(24)7-10-22(14,18)13-26-2/h14-19,24H,3-13H2,1-2H3. The second-order valence-electron chi connectivity index (χ2n) is 10.0. The third-order valence-corrected chi connectivity index (χ3v) is 9.82. The molecule has 4 saturated carbocycles. The lowest BCUT2D eigenvalue weighted by Gasteiger charge is -2.61. The summed E-state index contributed by atoms with van der Waals surface area (Å²) >= 11 is 3.42. The van der Waals surface area contributed by atoms with Crippen molar-refractivity contribution >= 4 is 21.7 Å². The fourth-order valence-electron chi connectivity index (χ4n) is 8.20. The molecule has 3 nitrogen and oxygen atoms in total. The molecule has 0 aromatic rings. The zero-order valence-electron chi connectivity index (χ0n) is 16.4. The third kappa shape index (κ3) is 2.76. The van der Waals surface area contributed by atoms with Gasteiger partial charge in [-0.05, 0) is 92.3 Å². The summed E-state index contributed by atoms with van der Waals surface area (Å²) in [6, 6.07) is 0. The summed E-state index contributed by atoms with van der Waals surface area (Å²) < 4.78 is 5.80. The van der Waals surface area contributed by atoms with E-state index in [0.717, 1.165) is 44.1 Å². The number of alkyl halides is 1. The number of fused-ring (bicyclic) bond motifs is 5. The van der Waals surface area contributed by atoms with Gasteiger partial charge in [0, 0.05) is 13.0 Å². The van der Waals surface area contributed by atoms with Gasteiger partial charge in [0.05, 0.1) is 18.0 Å². The Balaban J connectivity index is 1.63. The van der Waals surface area contributed by atoms with Gasteiger partial charge in [-0.1, -0.05) is 22.9 Å². The molecule has 0 aromatic carbocycles. The second kappa shape index (κ2) is 7.15. The van der Waals surface area contributed by atoms with Gasteiger partial charge < -0.3 is 9.84 Å². The molecule has 148 valence electrons. The van der Waals surface area contributed by atoms with Gasteiger partial charge in [0.1, 0.15) is 5.78 Å². The Morgan fingerprint density at radius 1 is 1.12 bits per heavy atom. The maximum absolute atomic E-state index is 12.6. The molecule has 4 heteroatoms. The van der Waals surface area contributed by atoms with Crippen molar-refractivity contribution in [3.8, 4) is 0 Å². The van der Waals surface area contributed by atoms with Crippen molar-refractivity contribution in [2.45, 2.75) is 70.8 Å². The molecule has 0 saturated heterocycles. The molecule has 26 heavy (non-hydrogen) atoms. The molecule has 0 heterocycles. The normalized spacial score (nSPS) is 50.6. The first kappa shape index (κ1) is 19.4. The highest BCUT2D eigenvalue weighted by Crippen LogP contribution is 2.67. The molecule has 0 amide bonds. The number of rotatable bonds is 4. The molecule has 4 fully saturated rings. The molecule has 0 spiro atoms. The van der Waals surface area contributed by atoms with Gasteiger partial charge in [0.25, 0.3) is 0 Å². The average molecular weight is 427 g/mol. The Hall–Kier alpha value is 0.0700. The molecular formula is C22H35BrO3. The summed E-state index contributed by atoms with van der Waals surface area (Å²) in [4.78, 5) is 12.6. The minimum atomic E-state index is -0.109. The third-order valence-electron chi connectivity index (χ3n) is 9.27. The van der Waals surface area contributed by atoms with Gasteiger partial charge >= 0.3 is 0 Å². The second-order valence-corrected chi connectivity index (χ2v) is 10.6. The van der Waals surface area contributed by atoms with Crippen LogP contribution in [0, 0.1) is 40.4 Å². The summed E-state index contributed by atoms with van der Waals surface area (Å²) in [5.74, 6) is 3.49. The average Bonchev–Trinajstić information content (AvgIpc) is 2.99. The molecule has 4 rings (SSSR count). The fourth-order valence-corrected chi connectivity index (χ4v) is 8.59. The first-order chi connectivity index (χ1) is 12.5. The van der Waals surface area contributed by atoms with Gasteiger partial charge in [0.2, 0.25) is 0 Å². The van der Waals surface area contributed by atoms with Crippen LogP contribution in [0.1, 0.15) is 64.7 Å². The summed E-state index contributed by atoms with van der Waals surface area (Å²) in [7, 11) is 1.85. The van der Waals surface area contributed by atoms with E-state index in [1.165, 1.54) is 32.1 Å². The molecule has 8 unspecified atom stereocenters. The predicted octanol–water partition coefficient (Wildman–Crippen LogP) is 4.60. The van der Waals surface area contributed by atoms with E-state index in [2.05, 4.69) is 22.9 Å². The zero-order chi connectivity index (χ0) is 18.5. The molecule has 4 aliphatic carbocycles. The van der Waals surface area contributed by atoms with Crippen LogP contribution in [0.2, 0.25) is 0 Å². The summed E-state index contributed by atoms with van der Waals surface area (Å²) in [6.45, 7) is 3.28. The van der Waals surface area contributed by atoms with Crippen molar-refractivity contribution < 1.29 is 14.6 Å². The van der Waals surface area contributed by atoms with Crippen LogP contribution in [0.3, 0.4) is 0 Å². The van der Waals surface area contributed by atoms with Crippen molar-refractivity contribution in [1.82, 2.24) is 0 Å². The van der Waals surface area contributed by atoms with E-state index in [4.69, 9.17) is 4.74 Å². The number of methoxy groups -OCH3 is 1. The highest BCUT2D eigenvalue weighted by atomic mass is 79.9. The molecule has 1 N–H and O–H groups in total. The topological polar surface area (TPSA) is 46.5 Å². The fraction of sp³-hybridized carbons (Fsp3) is 0.955. The van der Waals surface area contributed by atoms with Crippen molar-refractivity contribution in [3.63, 3.8) is 0 Å². The molecule has 8 atom stereocenters. The number of hydrogen-bond donors (Lipinski definition) is 1. The lowest BCUT2D eigenvalue weighted by molar-refractivity contribution is -0.160. The van der Waals surface area contributed by atoms with Gasteiger partial charge in [-0.3, -0.25) is 4.79 Å². The van der Waals surface area contributed by atoms with Crippen LogP contribution in [-0.4, -0.2) is 36.0 Å². The van der Waals surface area contributed by atoms with Gasteiger partial charge in [-0.25, -0.2) is 0 Å². The molecule has 0 radical (unpaired) electrons. The maximum atomic E-state index is 12.6. The first-order valence-corrected chi connectivity index (χ1v) is 11.8.